The molecule has 4 heteroatoms. The van der Waals surface area contributed by atoms with E-state index >= 15 is 0 Å². The Labute approximate surface area is 155 Å². The molecule has 146 valence electrons. The van der Waals surface area contributed by atoms with Gasteiger partial charge in [0.05, 0.1) is 6.10 Å². The minimum Gasteiger partial charge on any atom is -0.392 e. The van der Waals surface area contributed by atoms with Crippen LogP contribution in [-0.2, 0) is 17.7 Å². The quantitative estimate of drug-likeness (QED) is 0.667. The van der Waals surface area contributed by atoms with Gasteiger partial charge in [-0.1, -0.05) is 44.5 Å². The number of hydrogen-bond donors (Lipinski definition) is 2. The fourth-order valence-corrected chi connectivity index (χ4v) is 3.02. The lowest BCUT2D eigenvalue weighted by Gasteiger charge is -2.29. The Hall–Kier alpha value is -0.940. The van der Waals surface area contributed by atoms with Crippen molar-refractivity contribution in [1.29, 1.82) is 0 Å². The second kappa shape index (κ2) is 14.3. The molecule has 0 aromatic heterocycles. The van der Waals surface area contributed by atoms with Gasteiger partial charge < -0.3 is 20.5 Å². The number of piperidine rings is 1. The predicted molar refractivity (Wildman–Crippen MR) is 108 cm³/mol. The first-order valence-corrected chi connectivity index (χ1v) is 9.95. The molecule has 0 spiro atoms. The summed E-state index contributed by atoms with van der Waals surface area (Å²) in [6.07, 6.45) is 6.35. The number of hydrogen-bond acceptors (Lipinski definition) is 4. The summed E-state index contributed by atoms with van der Waals surface area (Å²) in [6.45, 7) is 9.47. The van der Waals surface area contributed by atoms with Crippen LogP contribution in [0.5, 0.6) is 0 Å². The van der Waals surface area contributed by atoms with E-state index < -0.39 is 0 Å². The number of nitrogens with zero attached hydrogens (tertiary/aromatic N) is 1. The number of benzene rings is 1. The highest BCUT2D eigenvalue weighted by molar-refractivity contribution is 5.23. The van der Waals surface area contributed by atoms with Crippen molar-refractivity contribution in [3.63, 3.8) is 0 Å². The molecule has 1 aromatic carbocycles. The highest BCUT2D eigenvalue weighted by atomic mass is 16.5. The summed E-state index contributed by atoms with van der Waals surface area (Å²) in [5.74, 6) is 0. The third-order valence-electron chi connectivity index (χ3n) is 4.22. The Bertz CT molecular complexity index is 446. The molecule has 1 atom stereocenters. The van der Waals surface area contributed by atoms with Gasteiger partial charge in [-0.25, -0.2) is 0 Å². The van der Waals surface area contributed by atoms with Crippen molar-refractivity contribution in [2.75, 3.05) is 32.8 Å². The van der Waals surface area contributed by atoms with Crippen molar-refractivity contribution < 1.29 is 11.3 Å². The maximum atomic E-state index is 9.62. The first kappa shape index (κ1) is 22.1. The normalized spacial score (nSPS) is 17.8. The molecule has 2 rings (SSSR count). The van der Waals surface area contributed by atoms with E-state index in [-0.39, 0.29) is 7.53 Å². The average Bonchev–Trinajstić information content (AvgIpc) is 2.62. The molecule has 3 N–H and O–H groups in total. The minimum atomic E-state index is -0.126. The molecular weight excluding hydrogens is 312 g/mol. The molecule has 0 aliphatic carbocycles. The van der Waals surface area contributed by atoms with Gasteiger partial charge in [-0.05, 0) is 49.8 Å². The van der Waals surface area contributed by atoms with Gasteiger partial charge in [0.2, 0.25) is 0 Å². The summed E-state index contributed by atoms with van der Waals surface area (Å²) in [5.41, 5.74) is 8.19. The van der Waals surface area contributed by atoms with Crippen molar-refractivity contribution in [1.82, 2.24) is 4.90 Å². The smallest absolute Gasteiger partial charge is 0.0667 e. The van der Waals surface area contributed by atoms with Gasteiger partial charge >= 0.3 is 0 Å². The highest BCUT2D eigenvalue weighted by Crippen LogP contribution is 2.10. The summed E-state index contributed by atoms with van der Waals surface area (Å²) < 4.78 is 5.72. The van der Waals surface area contributed by atoms with E-state index in [9.17, 15) is 5.11 Å². The molecule has 0 bridgehead atoms. The third-order valence-corrected chi connectivity index (χ3v) is 4.22. The topological polar surface area (TPSA) is 58.7 Å². The highest BCUT2D eigenvalue weighted by Gasteiger charge is 2.16. The fraction of sp³-hybridized carbons (Fsp3) is 0.714. The Morgan fingerprint density at radius 1 is 1.24 bits per heavy atom. The lowest BCUT2D eigenvalue weighted by atomic mass is 10.1. The molecule has 1 unspecified atom stereocenters. The number of β-amino-alcohol motifs (C(OH)–C–C–N with tert-alkyl or cyclic N) is 1. The molecule has 0 amide bonds. The van der Waals surface area contributed by atoms with E-state index in [1.807, 2.05) is 0 Å². The van der Waals surface area contributed by atoms with Crippen molar-refractivity contribution in [3.8, 4) is 0 Å². The van der Waals surface area contributed by atoms with Gasteiger partial charge in [0, 0.05) is 34.3 Å². The number of aryl methyl sites for hydroxylation is 1. The monoisotopic (exact) mass is 352 g/mol. The Morgan fingerprint density at radius 2 is 1.96 bits per heavy atom. The lowest BCUT2D eigenvalue weighted by molar-refractivity contribution is 0.0606. The summed E-state index contributed by atoms with van der Waals surface area (Å²) in [5, 5.41) is 9.62. The zero-order chi connectivity index (χ0) is 18.3. The molecule has 1 aromatic rings. The fourth-order valence-electron chi connectivity index (χ4n) is 3.02. The molecule has 0 saturated carbocycles. The maximum Gasteiger partial charge on any atom is 0.0667 e. The van der Waals surface area contributed by atoms with Crippen LogP contribution >= 0.6 is 0 Å². The Balaban J connectivity index is 0.00000146. The van der Waals surface area contributed by atoms with E-state index in [4.69, 9.17) is 10.5 Å². The molecule has 0 radical (unpaired) electrons. The average molecular weight is 353 g/mol. The SMILES string of the molecule is CCC.NCc1cccc(CCCOCCCN2CCCC(O)C2)c1.[HH]. The van der Waals surface area contributed by atoms with Crippen molar-refractivity contribution >= 4 is 0 Å². The van der Waals surface area contributed by atoms with E-state index in [0.29, 0.717) is 6.54 Å². The van der Waals surface area contributed by atoms with Crippen LogP contribution in [0, 0.1) is 0 Å². The van der Waals surface area contributed by atoms with Crippen LogP contribution in [0.25, 0.3) is 0 Å². The molecule has 25 heavy (non-hydrogen) atoms. The summed E-state index contributed by atoms with van der Waals surface area (Å²) >= 11 is 0. The van der Waals surface area contributed by atoms with Gasteiger partial charge in [-0.15, -0.1) is 0 Å². The Kier molecular flexibility index (Phi) is 12.6. The Morgan fingerprint density at radius 3 is 2.68 bits per heavy atom. The van der Waals surface area contributed by atoms with E-state index in [1.165, 1.54) is 17.5 Å². The molecule has 1 aliphatic heterocycles. The van der Waals surface area contributed by atoms with Gasteiger partial charge in [-0.2, -0.15) is 0 Å². The molecule has 1 heterocycles. The van der Waals surface area contributed by atoms with Crippen LogP contribution in [0.1, 0.15) is 58.5 Å². The number of likely N-dealkylation sites (tertiary alicyclic amines) is 1. The van der Waals surface area contributed by atoms with Gasteiger partial charge in [0.1, 0.15) is 0 Å². The summed E-state index contributed by atoms with van der Waals surface area (Å²) in [4.78, 5) is 2.34. The predicted octanol–water partition coefficient (Wildman–Crippen LogP) is 3.60. The molecule has 1 aliphatic rings. The van der Waals surface area contributed by atoms with Crippen LogP contribution in [0.4, 0.5) is 0 Å². The van der Waals surface area contributed by atoms with Crippen LogP contribution in [0.15, 0.2) is 24.3 Å². The number of rotatable bonds is 9. The third kappa shape index (κ3) is 10.6. The number of ether oxygens (including phenoxy) is 1. The second-order valence-electron chi connectivity index (χ2n) is 6.90. The first-order chi connectivity index (χ1) is 12.2. The van der Waals surface area contributed by atoms with Crippen LogP contribution in [0.2, 0.25) is 0 Å². The van der Waals surface area contributed by atoms with Crippen LogP contribution in [0.3, 0.4) is 0 Å². The summed E-state index contributed by atoms with van der Waals surface area (Å²) in [6, 6.07) is 8.48. The summed E-state index contributed by atoms with van der Waals surface area (Å²) in [7, 11) is 0. The molecule has 1 saturated heterocycles. The van der Waals surface area contributed by atoms with Gasteiger partial charge in [0.25, 0.3) is 0 Å². The number of nitrogens with two attached hydrogens (primary N) is 1. The van der Waals surface area contributed by atoms with E-state index in [2.05, 4.69) is 43.0 Å². The van der Waals surface area contributed by atoms with E-state index in [1.54, 1.807) is 0 Å². The zero-order valence-corrected chi connectivity index (χ0v) is 16.3. The second-order valence-corrected chi connectivity index (χ2v) is 6.90. The zero-order valence-electron chi connectivity index (χ0n) is 16.3. The largest absolute Gasteiger partial charge is 0.392 e. The van der Waals surface area contributed by atoms with E-state index in [0.717, 1.165) is 65.0 Å². The van der Waals surface area contributed by atoms with Crippen molar-refractivity contribution in [3.05, 3.63) is 35.4 Å². The lowest BCUT2D eigenvalue weighted by Crippen LogP contribution is -2.38. The van der Waals surface area contributed by atoms with Crippen LogP contribution < -0.4 is 5.73 Å². The minimum absolute atomic E-state index is 0. The van der Waals surface area contributed by atoms with Gasteiger partial charge in [0.15, 0.2) is 0 Å². The standard InChI is InChI=1S/C18H30N2O2.C3H8.H2/c19-14-17-6-1-5-16(13-17)7-3-11-22-12-4-10-20-9-2-8-18(21)15-20;1-3-2;/h1,5-6,13,18,21H,2-4,7-12,14-15,19H2;3H2,1-2H3;1H. The van der Waals surface area contributed by atoms with Crippen molar-refractivity contribution in [2.45, 2.75) is 65.0 Å². The maximum absolute atomic E-state index is 9.62. The van der Waals surface area contributed by atoms with Crippen molar-refractivity contribution in [2.24, 2.45) is 5.73 Å². The molecule has 4 nitrogen and oxygen atoms in total. The number of aliphatic hydroxyl groups excluding tert-OH is 1. The molecule has 1 fully saturated rings. The van der Waals surface area contributed by atoms with Crippen LogP contribution in [-0.4, -0.2) is 49.0 Å². The molecular formula is C21H40N2O2. The number of aliphatic hydroxyl groups is 1. The van der Waals surface area contributed by atoms with Gasteiger partial charge in [-0.3, -0.25) is 0 Å². The first-order valence-electron chi connectivity index (χ1n) is 9.95.